The second-order valence-electron chi connectivity index (χ2n) is 6.52. The molecule has 2 aliphatic rings. The molecule has 2 rings (SSSR count). The summed E-state index contributed by atoms with van der Waals surface area (Å²) in [5, 5.41) is 3.11. The zero-order valence-electron chi connectivity index (χ0n) is 13.6. The fourth-order valence-corrected chi connectivity index (χ4v) is 3.48. The van der Waals surface area contributed by atoms with Gasteiger partial charge < -0.3 is 16.0 Å². The molecule has 0 aromatic heterocycles. The van der Waals surface area contributed by atoms with E-state index in [0.29, 0.717) is 0 Å². The van der Waals surface area contributed by atoms with E-state index in [1.165, 1.54) is 38.8 Å². The van der Waals surface area contributed by atoms with Gasteiger partial charge in [0.25, 0.3) is 0 Å². The molecule has 2 unspecified atom stereocenters. The van der Waals surface area contributed by atoms with Gasteiger partial charge in [-0.15, -0.1) is 24.8 Å². The summed E-state index contributed by atoms with van der Waals surface area (Å²) in [6.07, 6.45) is 10.6. The average Bonchev–Trinajstić information content (AvgIpc) is 2.72. The number of amides is 1. The number of rotatable bonds is 5. The van der Waals surface area contributed by atoms with E-state index >= 15 is 0 Å². The number of nitrogens with two attached hydrogens (primary N) is 1. The number of hydrogen-bond donors (Lipinski definition) is 2. The van der Waals surface area contributed by atoms with E-state index in [0.717, 1.165) is 45.2 Å². The van der Waals surface area contributed by atoms with Gasteiger partial charge in [0.2, 0.25) is 5.91 Å². The lowest BCUT2D eigenvalue weighted by molar-refractivity contribution is -0.126. The van der Waals surface area contributed by atoms with Crippen molar-refractivity contribution in [2.75, 3.05) is 26.2 Å². The Labute approximate surface area is 147 Å². The molecule has 1 saturated carbocycles. The van der Waals surface area contributed by atoms with Gasteiger partial charge in [0.15, 0.2) is 0 Å². The summed E-state index contributed by atoms with van der Waals surface area (Å²) in [6.45, 7) is 4.43. The Morgan fingerprint density at radius 1 is 1.05 bits per heavy atom. The largest absolute Gasteiger partial charge is 0.356 e. The van der Waals surface area contributed by atoms with Crippen molar-refractivity contribution in [2.45, 2.75) is 63.8 Å². The van der Waals surface area contributed by atoms with Gasteiger partial charge in [0, 0.05) is 18.5 Å². The molecule has 1 aliphatic heterocycles. The van der Waals surface area contributed by atoms with Crippen LogP contribution in [-0.4, -0.2) is 43.0 Å². The van der Waals surface area contributed by atoms with E-state index in [2.05, 4.69) is 10.2 Å². The highest BCUT2D eigenvalue weighted by molar-refractivity contribution is 5.85. The predicted molar refractivity (Wildman–Crippen MR) is 97.0 cm³/mol. The van der Waals surface area contributed by atoms with Gasteiger partial charge in [0.05, 0.1) is 0 Å². The van der Waals surface area contributed by atoms with E-state index in [4.69, 9.17) is 5.73 Å². The average molecular weight is 354 g/mol. The van der Waals surface area contributed by atoms with Gasteiger partial charge in [-0.25, -0.2) is 0 Å². The molecule has 1 aliphatic carbocycles. The Kier molecular flexibility index (Phi) is 12.4. The third-order valence-electron chi connectivity index (χ3n) is 4.73. The van der Waals surface area contributed by atoms with Crippen molar-refractivity contribution in [2.24, 2.45) is 11.7 Å². The highest BCUT2D eigenvalue weighted by atomic mass is 35.5. The number of likely N-dealkylation sites (tertiary alicyclic amines) is 1. The van der Waals surface area contributed by atoms with Crippen molar-refractivity contribution >= 4 is 30.7 Å². The number of carbonyl (C=O) groups excluding carboxylic acids is 1. The molecule has 0 spiro atoms. The lowest BCUT2D eigenvalue weighted by Gasteiger charge is -2.26. The van der Waals surface area contributed by atoms with Crippen LogP contribution in [0.4, 0.5) is 0 Å². The van der Waals surface area contributed by atoms with Crippen LogP contribution in [-0.2, 0) is 4.79 Å². The molecule has 132 valence electrons. The first-order chi connectivity index (χ1) is 9.75. The number of halogens is 2. The quantitative estimate of drug-likeness (QED) is 0.747. The molecule has 2 fully saturated rings. The summed E-state index contributed by atoms with van der Waals surface area (Å²) >= 11 is 0. The van der Waals surface area contributed by atoms with Gasteiger partial charge in [0.1, 0.15) is 0 Å². The van der Waals surface area contributed by atoms with Gasteiger partial charge in [-0.3, -0.25) is 4.79 Å². The first-order valence-electron chi connectivity index (χ1n) is 8.51. The Bertz CT molecular complexity index is 297. The minimum absolute atomic E-state index is 0. The second kappa shape index (κ2) is 12.4. The molecule has 0 aromatic carbocycles. The highest BCUT2D eigenvalue weighted by Crippen LogP contribution is 2.23. The van der Waals surface area contributed by atoms with Crippen LogP contribution in [0.15, 0.2) is 0 Å². The van der Waals surface area contributed by atoms with Crippen molar-refractivity contribution in [3.05, 3.63) is 0 Å². The van der Waals surface area contributed by atoms with Gasteiger partial charge in [-0.1, -0.05) is 19.3 Å². The summed E-state index contributed by atoms with van der Waals surface area (Å²) in [5.41, 5.74) is 5.94. The molecular weight excluding hydrogens is 321 g/mol. The molecule has 4 nitrogen and oxygen atoms in total. The number of carbonyl (C=O) groups is 1. The lowest BCUT2D eigenvalue weighted by atomic mass is 9.85. The topological polar surface area (TPSA) is 58.4 Å². The van der Waals surface area contributed by atoms with Crippen LogP contribution < -0.4 is 11.1 Å². The second-order valence-corrected chi connectivity index (χ2v) is 6.52. The van der Waals surface area contributed by atoms with Crippen molar-refractivity contribution in [3.8, 4) is 0 Å². The maximum absolute atomic E-state index is 12.1. The molecule has 1 saturated heterocycles. The molecule has 3 N–H and O–H groups in total. The molecule has 0 bridgehead atoms. The number of nitrogens with one attached hydrogen (secondary N) is 1. The minimum atomic E-state index is 0. The molecule has 0 aromatic rings. The summed E-state index contributed by atoms with van der Waals surface area (Å²) in [7, 11) is 0. The van der Waals surface area contributed by atoms with Gasteiger partial charge in [-0.2, -0.15) is 0 Å². The molecule has 1 heterocycles. The summed E-state index contributed by atoms with van der Waals surface area (Å²) in [4.78, 5) is 14.6. The van der Waals surface area contributed by atoms with Gasteiger partial charge in [-0.05, 0) is 58.2 Å². The van der Waals surface area contributed by atoms with E-state index < -0.39 is 0 Å². The summed E-state index contributed by atoms with van der Waals surface area (Å²) in [6, 6.07) is 0.233. The van der Waals surface area contributed by atoms with Crippen LogP contribution in [0.25, 0.3) is 0 Å². The zero-order valence-corrected chi connectivity index (χ0v) is 15.2. The van der Waals surface area contributed by atoms with Crippen LogP contribution in [0.1, 0.15) is 57.8 Å². The normalized spacial score (nSPS) is 26.2. The summed E-state index contributed by atoms with van der Waals surface area (Å²) < 4.78 is 0. The summed E-state index contributed by atoms with van der Waals surface area (Å²) in [5.74, 6) is 0.396. The maximum atomic E-state index is 12.1. The molecule has 1 amide bonds. The molecule has 2 atom stereocenters. The first kappa shape index (κ1) is 22.0. The van der Waals surface area contributed by atoms with Crippen LogP contribution in [0.3, 0.4) is 0 Å². The standard InChI is InChI=1S/C16H31N3O.2ClH/c17-15-8-5-7-14(13-15)16(20)18-9-6-12-19-10-3-1-2-4-11-19;;/h14-15H,1-13,17H2,(H,18,20);2*1H. The fraction of sp³-hybridized carbons (Fsp3) is 0.938. The third kappa shape index (κ3) is 8.00. The Morgan fingerprint density at radius 2 is 1.73 bits per heavy atom. The first-order valence-corrected chi connectivity index (χ1v) is 8.51. The number of nitrogens with zero attached hydrogens (tertiary/aromatic N) is 1. The smallest absolute Gasteiger partial charge is 0.223 e. The van der Waals surface area contributed by atoms with Gasteiger partial charge >= 0.3 is 0 Å². The Morgan fingerprint density at radius 3 is 2.36 bits per heavy atom. The number of hydrogen-bond acceptors (Lipinski definition) is 3. The van der Waals surface area contributed by atoms with Crippen molar-refractivity contribution < 1.29 is 4.79 Å². The SMILES string of the molecule is Cl.Cl.NC1CCCC(C(=O)NCCCN2CCCCCC2)C1. The van der Waals surface area contributed by atoms with Crippen molar-refractivity contribution in [1.29, 1.82) is 0 Å². The molecule has 22 heavy (non-hydrogen) atoms. The van der Waals surface area contributed by atoms with Crippen molar-refractivity contribution in [3.63, 3.8) is 0 Å². The van der Waals surface area contributed by atoms with E-state index in [1.807, 2.05) is 0 Å². The van der Waals surface area contributed by atoms with Crippen molar-refractivity contribution in [1.82, 2.24) is 10.2 Å². The lowest BCUT2D eigenvalue weighted by Crippen LogP contribution is -2.38. The van der Waals surface area contributed by atoms with E-state index in [-0.39, 0.29) is 42.7 Å². The molecular formula is C16H33Cl2N3O. The fourth-order valence-electron chi connectivity index (χ4n) is 3.48. The maximum Gasteiger partial charge on any atom is 0.223 e. The Hall–Kier alpha value is -0.0300. The monoisotopic (exact) mass is 353 g/mol. The molecule has 6 heteroatoms. The minimum Gasteiger partial charge on any atom is -0.356 e. The van der Waals surface area contributed by atoms with E-state index in [1.54, 1.807) is 0 Å². The van der Waals surface area contributed by atoms with E-state index in [9.17, 15) is 4.79 Å². The predicted octanol–water partition coefficient (Wildman–Crippen LogP) is 2.73. The van der Waals surface area contributed by atoms with Crippen LogP contribution >= 0.6 is 24.8 Å². The van der Waals surface area contributed by atoms with Crippen LogP contribution in [0.2, 0.25) is 0 Å². The highest BCUT2D eigenvalue weighted by Gasteiger charge is 2.24. The van der Waals surface area contributed by atoms with Crippen LogP contribution in [0.5, 0.6) is 0 Å². The molecule has 0 radical (unpaired) electrons. The third-order valence-corrected chi connectivity index (χ3v) is 4.73. The zero-order chi connectivity index (χ0) is 14.2. The van der Waals surface area contributed by atoms with Crippen LogP contribution in [0, 0.1) is 5.92 Å². The Balaban J connectivity index is 0.00000220.